The monoisotopic (exact) mass is 609 g/mol. The second-order valence-corrected chi connectivity index (χ2v) is 11.9. The van der Waals surface area contributed by atoms with E-state index in [1.807, 2.05) is 6.92 Å². The molecule has 3 aromatic carbocycles. The molecule has 0 aliphatic carbocycles. The minimum Gasteiger partial charge on any atom is -0.354 e. The maximum Gasteiger partial charge on any atom is 0.264 e. The molecule has 0 aliphatic heterocycles. The minimum atomic E-state index is -4.25. The van der Waals surface area contributed by atoms with Crippen molar-refractivity contribution in [3.8, 4) is 0 Å². The fraction of sp³-hybridized carbons (Fsp3) is 0.286. The van der Waals surface area contributed by atoms with Gasteiger partial charge < -0.3 is 10.2 Å². The molecule has 11 heteroatoms. The van der Waals surface area contributed by atoms with E-state index in [1.54, 1.807) is 49.4 Å². The van der Waals surface area contributed by atoms with Gasteiger partial charge in [-0.1, -0.05) is 85.0 Å². The van der Waals surface area contributed by atoms with Gasteiger partial charge in [-0.3, -0.25) is 13.9 Å². The fourth-order valence-electron chi connectivity index (χ4n) is 4.01. The quantitative estimate of drug-likeness (QED) is 0.266. The SMILES string of the molecule is CCCNC(=O)C(CC)N(Cc1ccccc1Cl)C(=O)CN(c1cc(Cl)ccc1Cl)S(=O)(=O)c1ccccc1. The highest BCUT2D eigenvalue weighted by Gasteiger charge is 2.34. The molecule has 0 heterocycles. The molecule has 0 saturated carbocycles. The first-order valence-electron chi connectivity index (χ1n) is 12.4. The molecule has 0 radical (unpaired) electrons. The molecule has 7 nitrogen and oxygen atoms in total. The Balaban J connectivity index is 2.09. The Kier molecular flexibility index (Phi) is 11.1. The van der Waals surface area contributed by atoms with Gasteiger partial charge in [0.1, 0.15) is 12.6 Å². The number of sulfonamides is 1. The van der Waals surface area contributed by atoms with Crippen molar-refractivity contribution in [2.45, 2.75) is 44.2 Å². The van der Waals surface area contributed by atoms with Crippen LogP contribution in [-0.4, -0.2) is 44.3 Å². The van der Waals surface area contributed by atoms with Crippen LogP contribution in [0.25, 0.3) is 0 Å². The predicted octanol–water partition coefficient (Wildman–Crippen LogP) is 6.18. The number of hydrogen-bond acceptors (Lipinski definition) is 4. The Bertz CT molecular complexity index is 1400. The largest absolute Gasteiger partial charge is 0.354 e. The van der Waals surface area contributed by atoms with Crippen molar-refractivity contribution in [2.75, 3.05) is 17.4 Å². The van der Waals surface area contributed by atoms with Crippen molar-refractivity contribution in [3.63, 3.8) is 0 Å². The Morgan fingerprint density at radius 2 is 1.56 bits per heavy atom. The molecule has 0 aromatic heterocycles. The molecule has 1 unspecified atom stereocenters. The van der Waals surface area contributed by atoms with Gasteiger partial charge in [0, 0.05) is 23.1 Å². The number of anilines is 1. The summed E-state index contributed by atoms with van der Waals surface area (Å²) < 4.78 is 28.6. The van der Waals surface area contributed by atoms with E-state index in [9.17, 15) is 18.0 Å². The Morgan fingerprint density at radius 1 is 0.897 bits per heavy atom. The second-order valence-electron chi connectivity index (χ2n) is 8.75. The van der Waals surface area contributed by atoms with Crippen LogP contribution in [0.2, 0.25) is 15.1 Å². The molecule has 0 bridgehead atoms. The summed E-state index contributed by atoms with van der Waals surface area (Å²) in [7, 11) is -4.25. The molecule has 208 valence electrons. The van der Waals surface area contributed by atoms with Crippen LogP contribution in [0.15, 0.2) is 77.7 Å². The summed E-state index contributed by atoms with van der Waals surface area (Å²) >= 11 is 19.0. The lowest BCUT2D eigenvalue weighted by Gasteiger charge is -2.33. The number of amides is 2. The maximum absolute atomic E-state index is 14.0. The number of halogens is 3. The van der Waals surface area contributed by atoms with Crippen LogP contribution < -0.4 is 9.62 Å². The van der Waals surface area contributed by atoms with Crippen LogP contribution in [-0.2, 0) is 26.2 Å². The lowest BCUT2D eigenvalue weighted by atomic mass is 10.1. The summed E-state index contributed by atoms with van der Waals surface area (Å²) in [6.07, 6.45) is 1.02. The third-order valence-electron chi connectivity index (χ3n) is 6.02. The van der Waals surface area contributed by atoms with Crippen molar-refractivity contribution in [1.82, 2.24) is 10.2 Å². The maximum atomic E-state index is 14.0. The van der Waals surface area contributed by atoms with E-state index in [0.29, 0.717) is 23.6 Å². The third kappa shape index (κ3) is 7.66. The van der Waals surface area contributed by atoms with Gasteiger partial charge in [-0.05, 0) is 54.8 Å². The summed E-state index contributed by atoms with van der Waals surface area (Å²) in [5.74, 6) is -0.943. The molecule has 0 aliphatic rings. The van der Waals surface area contributed by atoms with Crippen LogP contribution in [0, 0.1) is 0 Å². The minimum absolute atomic E-state index is 0.000932. The number of nitrogens with zero attached hydrogens (tertiary/aromatic N) is 2. The smallest absolute Gasteiger partial charge is 0.264 e. The van der Waals surface area contributed by atoms with E-state index >= 15 is 0 Å². The standard InChI is InChI=1S/C28H30Cl3N3O4S/c1-3-16-32-28(36)25(4-2)33(18-20-10-8-9-13-23(20)30)27(35)19-34(26-17-21(29)14-15-24(26)31)39(37,38)22-11-6-5-7-12-22/h5-15,17,25H,3-4,16,18-19H2,1-2H3,(H,32,36). The van der Waals surface area contributed by atoms with Crippen molar-refractivity contribution >= 4 is 62.3 Å². The van der Waals surface area contributed by atoms with E-state index in [4.69, 9.17) is 34.8 Å². The first-order chi connectivity index (χ1) is 18.6. The summed E-state index contributed by atoms with van der Waals surface area (Å²) in [5, 5.41) is 3.60. The van der Waals surface area contributed by atoms with Crippen molar-refractivity contribution in [3.05, 3.63) is 93.4 Å². The summed E-state index contributed by atoms with van der Waals surface area (Å²) in [6.45, 7) is 3.53. The first-order valence-corrected chi connectivity index (χ1v) is 15.0. The number of rotatable bonds is 12. The van der Waals surface area contributed by atoms with Gasteiger partial charge in [0.05, 0.1) is 15.6 Å². The zero-order valence-electron chi connectivity index (χ0n) is 21.6. The zero-order chi connectivity index (χ0) is 28.6. The number of hydrogen-bond donors (Lipinski definition) is 1. The molecular weight excluding hydrogens is 581 g/mol. The van der Waals surface area contributed by atoms with Crippen LogP contribution in [0.4, 0.5) is 5.69 Å². The lowest BCUT2D eigenvalue weighted by molar-refractivity contribution is -0.140. The molecule has 3 aromatic rings. The molecule has 1 atom stereocenters. The Hall–Kier alpha value is -2.78. The first kappa shape index (κ1) is 30.8. The van der Waals surface area contributed by atoms with Gasteiger partial charge in [0.15, 0.2) is 0 Å². The second kappa shape index (κ2) is 14.0. The van der Waals surface area contributed by atoms with Gasteiger partial charge in [-0.15, -0.1) is 0 Å². The topological polar surface area (TPSA) is 86.8 Å². The predicted molar refractivity (Wildman–Crippen MR) is 157 cm³/mol. The molecule has 0 fully saturated rings. The molecule has 2 amide bonds. The van der Waals surface area contributed by atoms with Gasteiger partial charge in [-0.2, -0.15) is 0 Å². The van der Waals surface area contributed by atoms with E-state index < -0.39 is 28.5 Å². The summed E-state index contributed by atoms with van der Waals surface area (Å²) in [5.41, 5.74) is 0.662. The highest BCUT2D eigenvalue weighted by molar-refractivity contribution is 7.92. The highest BCUT2D eigenvalue weighted by Crippen LogP contribution is 2.33. The average molecular weight is 611 g/mol. The molecule has 1 N–H and O–H groups in total. The van der Waals surface area contributed by atoms with E-state index in [2.05, 4.69) is 5.32 Å². The van der Waals surface area contributed by atoms with Crippen molar-refractivity contribution < 1.29 is 18.0 Å². The van der Waals surface area contributed by atoms with Crippen LogP contribution in [0.3, 0.4) is 0 Å². The van der Waals surface area contributed by atoms with Crippen molar-refractivity contribution in [2.24, 2.45) is 0 Å². The summed E-state index contributed by atoms with van der Waals surface area (Å²) in [6, 6.07) is 18.2. The lowest BCUT2D eigenvalue weighted by Crippen LogP contribution is -2.52. The Morgan fingerprint density at radius 3 is 2.21 bits per heavy atom. The number of carbonyl (C=O) groups is 2. The fourth-order valence-corrected chi connectivity index (χ4v) is 6.08. The van der Waals surface area contributed by atoms with E-state index in [1.165, 1.54) is 35.2 Å². The number of carbonyl (C=O) groups excluding carboxylic acids is 2. The Labute approximate surface area is 244 Å². The van der Waals surface area contributed by atoms with Crippen LogP contribution in [0.5, 0.6) is 0 Å². The van der Waals surface area contributed by atoms with Gasteiger partial charge >= 0.3 is 0 Å². The summed E-state index contributed by atoms with van der Waals surface area (Å²) in [4.78, 5) is 28.5. The van der Waals surface area contributed by atoms with Crippen LogP contribution in [0.1, 0.15) is 32.3 Å². The molecule has 0 spiro atoms. The van der Waals surface area contributed by atoms with E-state index in [0.717, 1.165) is 10.7 Å². The normalized spacial score (nSPS) is 12.0. The number of benzene rings is 3. The molecular formula is C28H30Cl3N3O4S. The van der Waals surface area contributed by atoms with Gasteiger partial charge in [0.25, 0.3) is 10.0 Å². The van der Waals surface area contributed by atoms with E-state index in [-0.39, 0.29) is 33.1 Å². The number of nitrogens with one attached hydrogen (secondary N) is 1. The molecule has 3 rings (SSSR count). The van der Waals surface area contributed by atoms with Gasteiger partial charge in [-0.25, -0.2) is 8.42 Å². The zero-order valence-corrected chi connectivity index (χ0v) is 24.7. The van der Waals surface area contributed by atoms with Crippen LogP contribution >= 0.6 is 34.8 Å². The van der Waals surface area contributed by atoms with Gasteiger partial charge in [0.2, 0.25) is 11.8 Å². The van der Waals surface area contributed by atoms with Crippen molar-refractivity contribution in [1.29, 1.82) is 0 Å². The molecule has 0 saturated heterocycles. The third-order valence-corrected chi connectivity index (χ3v) is 8.72. The highest BCUT2D eigenvalue weighted by atomic mass is 35.5. The molecule has 39 heavy (non-hydrogen) atoms. The average Bonchev–Trinajstić information content (AvgIpc) is 2.93.